The Morgan fingerprint density at radius 1 is 1.38 bits per heavy atom. The van der Waals surface area contributed by atoms with Crippen LogP contribution >= 0.6 is 0 Å². The first-order chi connectivity index (χ1) is 10.3. The Bertz CT molecular complexity index is 463. The zero-order chi connectivity index (χ0) is 14.5. The summed E-state index contributed by atoms with van der Waals surface area (Å²) in [6.45, 7) is 4.64. The second kappa shape index (κ2) is 7.25. The van der Waals surface area contributed by atoms with E-state index in [0.717, 1.165) is 51.3 Å². The standard InChI is InChI=1S/C17H25NO3/c19-9-11-20-16-2-1-7-18(13-16)8-5-14-3-4-17-15(12-14)6-10-21-17/h3-4,12,16,19H,1-2,5-11,13H2/t16-/m1/s1. The van der Waals surface area contributed by atoms with Gasteiger partial charge >= 0.3 is 0 Å². The van der Waals surface area contributed by atoms with Crippen molar-refractivity contribution in [2.75, 3.05) is 39.5 Å². The van der Waals surface area contributed by atoms with Gasteiger partial charge in [-0.3, -0.25) is 0 Å². The van der Waals surface area contributed by atoms with Crippen LogP contribution in [0.4, 0.5) is 0 Å². The number of piperidine rings is 1. The fourth-order valence-electron chi connectivity index (χ4n) is 3.25. The smallest absolute Gasteiger partial charge is 0.122 e. The number of benzene rings is 1. The highest BCUT2D eigenvalue weighted by Crippen LogP contribution is 2.26. The maximum Gasteiger partial charge on any atom is 0.122 e. The SMILES string of the molecule is OCCO[C@@H]1CCCN(CCc2ccc3c(c2)CCO3)C1. The van der Waals surface area contributed by atoms with Crippen molar-refractivity contribution in [3.05, 3.63) is 29.3 Å². The molecule has 0 aliphatic carbocycles. The first-order valence-electron chi connectivity index (χ1n) is 8.04. The molecular weight excluding hydrogens is 266 g/mol. The number of likely N-dealkylation sites (tertiary alicyclic amines) is 1. The van der Waals surface area contributed by atoms with E-state index in [-0.39, 0.29) is 6.61 Å². The molecule has 1 N–H and O–H groups in total. The summed E-state index contributed by atoms with van der Waals surface area (Å²) in [5.74, 6) is 1.06. The van der Waals surface area contributed by atoms with Crippen LogP contribution in [0.1, 0.15) is 24.0 Å². The van der Waals surface area contributed by atoms with Crippen molar-refractivity contribution in [3.8, 4) is 5.75 Å². The van der Waals surface area contributed by atoms with Gasteiger partial charge in [-0.1, -0.05) is 12.1 Å². The van der Waals surface area contributed by atoms with E-state index >= 15 is 0 Å². The highest BCUT2D eigenvalue weighted by Gasteiger charge is 2.20. The van der Waals surface area contributed by atoms with Crippen LogP contribution in [0.15, 0.2) is 18.2 Å². The maximum absolute atomic E-state index is 8.84. The molecule has 0 unspecified atom stereocenters. The highest BCUT2D eigenvalue weighted by atomic mass is 16.5. The van der Waals surface area contributed by atoms with Gasteiger partial charge in [0, 0.05) is 19.5 Å². The zero-order valence-electron chi connectivity index (χ0n) is 12.6. The first-order valence-corrected chi connectivity index (χ1v) is 8.04. The van der Waals surface area contributed by atoms with Crippen LogP contribution in [0.25, 0.3) is 0 Å². The van der Waals surface area contributed by atoms with Gasteiger partial charge in [0.15, 0.2) is 0 Å². The van der Waals surface area contributed by atoms with Gasteiger partial charge in [0.05, 0.1) is 25.9 Å². The lowest BCUT2D eigenvalue weighted by Gasteiger charge is -2.32. The van der Waals surface area contributed by atoms with Gasteiger partial charge in [0.1, 0.15) is 5.75 Å². The largest absolute Gasteiger partial charge is 0.493 e. The van der Waals surface area contributed by atoms with Gasteiger partial charge in [-0.25, -0.2) is 0 Å². The predicted molar refractivity (Wildman–Crippen MR) is 81.8 cm³/mol. The second-order valence-corrected chi connectivity index (χ2v) is 5.95. The molecule has 4 nitrogen and oxygen atoms in total. The normalized spacial score (nSPS) is 22.0. The van der Waals surface area contributed by atoms with Crippen LogP contribution in [0.5, 0.6) is 5.75 Å². The summed E-state index contributed by atoms with van der Waals surface area (Å²) in [6, 6.07) is 6.60. The molecule has 3 rings (SSSR count). The van der Waals surface area contributed by atoms with Crippen LogP contribution in [0, 0.1) is 0 Å². The van der Waals surface area contributed by atoms with Crippen molar-refractivity contribution < 1.29 is 14.6 Å². The molecule has 1 fully saturated rings. The van der Waals surface area contributed by atoms with Crippen molar-refractivity contribution >= 4 is 0 Å². The molecule has 1 saturated heterocycles. The maximum atomic E-state index is 8.84. The molecule has 21 heavy (non-hydrogen) atoms. The van der Waals surface area contributed by atoms with Crippen molar-refractivity contribution in [3.63, 3.8) is 0 Å². The third kappa shape index (κ3) is 3.96. The minimum atomic E-state index is 0.119. The van der Waals surface area contributed by atoms with E-state index < -0.39 is 0 Å². The summed E-state index contributed by atoms with van der Waals surface area (Å²) in [7, 11) is 0. The Kier molecular flexibility index (Phi) is 5.12. The van der Waals surface area contributed by atoms with E-state index in [1.807, 2.05) is 0 Å². The van der Waals surface area contributed by atoms with E-state index in [9.17, 15) is 0 Å². The molecule has 1 aromatic carbocycles. The zero-order valence-corrected chi connectivity index (χ0v) is 12.6. The molecular formula is C17H25NO3. The van der Waals surface area contributed by atoms with Gasteiger partial charge in [-0.15, -0.1) is 0 Å². The third-order valence-corrected chi connectivity index (χ3v) is 4.38. The topological polar surface area (TPSA) is 41.9 Å². The number of ether oxygens (including phenoxy) is 2. The molecule has 1 aromatic rings. The summed E-state index contributed by atoms with van der Waals surface area (Å²) in [6.07, 6.45) is 4.73. The number of aliphatic hydroxyl groups is 1. The Morgan fingerprint density at radius 3 is 3.24 bits per heavy atom. The monoisotopic (exact) mass is 291 g/mol. The number of nitrogens with zero attached hydrogens (tertiary/aromatic N) is 1. The Morgan fingerprint density at radius 2 is 2.33 bits per heavy atom. The minimum absolute atomic E-state index is 0.119. The molecule has 2 aliphatic heterocycles. The first kappa shape index (κ1) is 14.8. The number of hydrogen-bond acceptors (Lipinski definition) is 4. The van der Waals surface area contributed by atoms with Gasteiger partial charge in [0.2, 0.25) is 0 Å². The van der Waals surface area contributed by atoms with E-state index in [0.29, 0.717) is 12.7 Å². The molecule has 2 heterocycles. The summed E-state index contributed by atoms with van der Waals surface area (Å²) in [5, 5.41) is 8.84. The van der Waals surface area contributed by atoms with Crippen LogP contribution in [-0.2, 0) is 17.6 Å². The molecule has 0 bridgehead atoms. The van der Waals surface area contributed by atoms with Crippen molar-refractivity contribution in [1.82, 2.24) is 4.90 Å². The molecule has 0 amide bonds. The average molecular weight is 291 g/mol. The predicted octanol–water partition coefficient (Wildman–Crippen LogP) is 1.64. The van der Waals surface area contributed by atoms with Gasteiger partial charge in [-0.2, -0.15) is 0 Å². The molecule has 0 saturated carbocycles. The summed E-state index contributed by atoms with van der Waals surface area (Å²) in [5.41, 5.74) is 2.76. The lowest BCUT2D eigenvalue weighted by Crippen LogP contribution is -2.41. The fourth-order valence-corrected chi connectivity index (χ4v) is 3.25. The summed E-state index contributed by atoms with van der Waals surface area (Å²) >= 11 is 0. The number of aliphatic hydroxyl groups excluding tert-OH is 1. The van der Waals surface area contributed by atoms with Gasteiger partial charge in [-0.05, 0) is 43.0 Å². The molecule has 0 aromatic heterocycles. The molecule has 0 radical (unpaired) electrons. The Balaban J connectivity index is 1.48. The van der Waals surface area contributed by atoms with E-state index in [2.05, 4.69) is 23.1 Å². The van der Waals surface area contributed by atoms with Gasteiger partial charge < -0.3 is 19.5 Å². The molecule has 2 aliphatic rings. The van der Waals surface area contributed by atoms with E-state index in [1.54, 1.807) is 0 Å². The molecule has 0 spiro atoms. The Labute approximate surface area is 126 Å². The number of fused-ring (bicyclic) bond motifs is 1. The highest BCUT2D eigenvalue weighted by molar-refractivity contribution is 5.39. The number of rotatable bonds is 6. The molecule has 4 heteroatoms. The van der Waals surface area contributed by atoms with Crippen LogP contribution < -0.4 is 4.74 Å². The van der Waals surface area contributed by atoms with Crippen LogP contribution in [0.2, 0.25) is 0 Å². The number of hydrogen-bond donors (Lipinski definition) is 1. The van der Waals surface area contributed by atoms with E-state index in [1.165, 1.54) is 17.5 Å². The fraction of sp³-hybridized carbons (Fsp3) is 0.647. The van der Waals surface area contributed by atoms with Gasteiger partial charge in [0.25, 0.3) is 0 Å². The lowest BCUT2D eigenvalue weighted by atomic mass is 10.0. The van der Waals surface area contributed by atoms with Crippen LogP contribution in [0.3, 0.4) is 0 Å². The van der Waals surface area contributed by atoms with Crippen molar-refractivity contribution in [2.24, 2.45) is 0 Å². The van der Waals surface area contributed by atoms with Crippen molar-refractivity contribution in [1.29, 1.82) is 0 Å². The van der Waals surface area contributed by atoms with Crippen molar-refractivity contribution in [2.45, 2.75) is 31.8 Å². The van der Waals surface area contributed by atoms with Crippen LogP contribution in [-0.4, -0.2) is 55.6 Å². The summed E-state index contributed by atoms with van der Waals surface area (Å²) < 4.78 is 11.2. The Hall–Kier alpha value is -1.10. The van der Waals surface area contributed by atoms with E-state index in [4.69, 9.17) is 14.6 Å². The molecule has 116 valence electrons. The lowest BCUT2D eigenvalue weighted by molar-refractivity contribution is -0.0141. The average Bonchev–Trinajstić information content (AvgIpc) is 2.99. The molecule has 1 atom stereocenters. The third-order valence-electron chi connectivity index (χ3n) is 4.38. The second-order valence-electron chi connectivity index (χ2n) is 5.95. The summed E-state index contributed by atoms with van der Waals surface area (Å²) in [4.78, 5) is 2.48. The quantitative estimate of drug-likeness (QED) is 0.865. The minimum Gasteiger partial charge on any atom is -0.493 e.